The maximum Gasteiger partial charge on any atom is 0.268 e. The Morgan fingerprint density at radius 3 is 1.88 bits per heavy atom. The summed E-state index contributed by atoms with van der Waals surface area (Å²) in [5, 5.41) is 9.83. The first kappa shape index (κ1) is 33.7. The van der Waals surface area contributed by atoms with Gasteiger partial charge in [0.2, 0.25) is 0 Å². The Labute approximate surface area is 210 Å². The first-order valence-corrected chi connectivity index (χ1v) is 14.9. The zero-order valence-electron chi connectivity index (χ0n) is 22.5. The molecule has 0 bridgehead atoms. The van der Waals surface area contributed by atoms with E-state index in [1.165, 1.54) is 77.0 Å². The van der Waals surface area contributed by atoms with Crippen LogP contribution in [0, 0.1) is 0 Å². The third-order valence-electron chi connectivity index (χ3n) is 5.55. The minimum absolute atomic E-state index is 0.0484. The molecule has 1 N–H and O–H groups in total. The van der Waals surface area contributed by atoms with Gasteiger partial charge < -0.3 is 28.3 Å². The van der Waals surface area contributed by atoms with Crippen LogP contribution >= 0.6 is 7.82 Å². The quantitative estimate of drug-likeness (QED) is 0.0748. The molecule has 8 heteroatoms. The molecule has 0 radical (unpaired) electrons. The molecular weight excluding hydrogens is 453 g/mol. The number of nitrogens with zero attached hydrogens (tertiary/aromatic N) is 1. The average molecular weight is 508 g/mol. The number of unbranched alkanes of at least 4 members (excludes halogenated alkanes) is 12. The van der Waals surface area contributed by atoms with E-state index < -0.39 is 13.9 Å². The van der Waals surface area contributed by atoms with Gasteiger partial charge in [0.05, 0.1) is 34.4 Å². The number of likely N-dealkylation sites (N-methyl/N-ethyl adjacent to an activating group) is 1. The molecule has 0 aliphatic carbocycles. The molecule has 1 unspecified atom stereocenters. The molecular formula is C26H54NO6P. The second-order valence-corrected chi connectivity index (χ2v) is 11.7. The lowest BCUT2D eigenvalue weighted by atomic mass is 10.1. The van der Waals surface area contributed by atoms with E-state index in [9.17, 15) is 14.6 Å². The zero-order valence-corrected chi connectivity index (χ0v) is 23.4. The number of allylic oxidation sites excluding steroid dienone is 2. The van der Waals surface area contributed by atoms with Gasteiger partial charge in [0.25, 0.3) is 7.82 Å². The van der Waals surface area contributed by atoms with Crippen molar-refractivity contribution < 1.29 is 32.8 Å². The Balaban J connectivity index is 3.43. The summed E-state index contributed by atoms with van der Waals surface area (Å²) in [4.78, 5) is 11.7. The van der Waals surface area contributed by atoms with E-state index in [0.29, 0.717) is 17.6 Å². The van der Waals surface area contributed by atoms with E-state index in [0.717, 1.165) is 12.8 Å². The number of ether oxygens (including phenoxy) is 1. The predicted molar refractivity (Wildman–Crippen MR) is 139 cm³/mol. The van der Waals surface area contributed by atoms with Crippen LogP contribution in [0.4, 0.5) is 0 Å². The molecule has 0 aromatic heterocycles. The first-order valence-electron chi connectivity index (χ1n) is 13.5. The van der Waals surface area contributed by atoms with Crippen molar-refractivity contribution in [2.75, 3.05) is 54.1 Å². The van der Waals surface area contributed by atoms with Crippen LogP contribution in [0.1, 0.15) is 96.8 Å². The van der Waals surface area contributed by atoms with E-state index >= 15 is 0 Å². The smallest absolute Gasteiger partial charge is 0.268 e. The molecule has 204 valence electrons. The van der Waals surface area contributed by atoms with Gasteiger partial charge in [-0.3, -0.25) is 4.57 Å². The van der Waals surface area contributed by atoms with E-state index in [4.69, 9.17) is 13.8 Å². The van der Waals surface area contributed by atoms with Gasteiger partial charge in [-0.2, -0.15) is 0 Å². The summed E-state index contributed by atoms with van der Waals surface area (Å²) in [5.74, 6) is 0. The summed E-state index contributed by atoms with van der Waals surface area (Å²) in [6, 6.07) is 0. The van der Waals surface area contributed by atoms with E-state index in [1.54, 1.807) is 0 Å². The van der Waals surface area contributed by atoms with Gasteiger partial charge in [-0.05, 0) is 32.1 Å². The van der Waals surface area contributed by atoms with Crippen LogP contribution in [0.5, 0.6) is 0 Å². The highest BCUT2D eigenvalue weighted by molar-refractivity contribution is 7.45. The third kappa shape index (κ3) is 26.3. The maximum atomic E-state index is 11.7. The van der Waals surface area contributed by atoms with Crippen molar-refractivity contribution in [3.05, 3.63) is 12.2 Å². The van der Waals surface area contributed by atoms with Gasteiger partial charge >= 0.3 is 0 Å². The first-order chi connectivity index (χ1) is 16.2. The van der Waals surface area contributed by atoms with Crippen LogP contribution in [0.3, 0.4) is 0 Å². The molecule has 34 heavy (non-hydrogen) atoms. The lowest BCUT2D eigenvalue weighted by Gasteiger charge is -2.27. The maximum absolute atomic E-state index is 11.7. The molecule has 7 nitrogen and oxygen atoms in total. The molecule has 0 aliphatic heterocycles. The highest BCUT2D eigenvalue weighted by Gasteiger charge is 2.15. The lowest BCUT2D eigenvalue weighted by molar-refractivity contribution is -0.870. The fourth-order valence-corrected chi connectivity index (χ4v) is 4.09. The Hall–Kier alpha value is -0.270. The van der Waals surface area contributed by atoms with E-state index in [1.807, 2.05) is 21.1 Å². The number of rotatable bonds is 25. The van der Waals surface area contributed by atoms with Crippen LogP contribution < -0.4 is 4.89 Å². The Bertz CT molecular complexity index is 524. The second kappa shape index (κ2) is 22.0. The van der Waals surface area contributed by atoms with Gasteiger partial charge in [0.1, 0.15) is 19.3 Å². The summed E-state index contributed by atoms with van der Waals surface area (Å²) in [6.45, 7) is 3.12. The van der Waals surface area contributed by atoms with Crippen LogP contribution in [-0.4, -0.2) is 69.8 Å². The largest absolute Gasteiger partial charge is 0.756 e. The Morgan fingerprint density at radius 1 is 0.794 bits per heavy atom. The molecule has 0 saturated heterocycles. The Kier molecular flexibility index (Phi) is 21.8. The van der Waals surface area contributed by atoms with Crippen molar-refractivity contribution >= 4 is 7.82 Å². The lowest BCUT2D eigenvalue weighted by Crippen LogP contribution is -2.37. The van der Waals surface area contributed by atoms with Crippen molar-refractivity contribution in [2.45, 2.75) is 103 Å². The molecule has 0 aromatic carbocycles. The van der Waals surface area contributed by atoms with Gasteiger partial charge in [-0.15, -0.1) is 0 Å². The van der Waals surface area contributed by atoms with Gasteiger partial charge in [0.15, 0.2) is 0 Å². The van der Waals surface area contributed by atoms with Crippen molar-refractivity contribution in [2.24, 2.45) is 0 Å². The number of hydrogen-bond acceptors (Lipinski definition) is 6. The van der Waals surface area contributed by atoms with Crippen LogP contribution in [0.15, 0.2) is 12.2 Å². The number of aliphatic hydroxyl groups excluding tert-OH is 1. The molecule has 0 fully saturated rings. The highest BCUT2D eigenvalue weighted by atomic mass is 31.2. The normalized spacial score (nSPS) is 15.1. The summed E-state index contributed by atoms with van der Waals surface area (Å²) in [6.07, 6.45) is 21.3. The molecule has 0 heterocycles. The minimum atomic E-state index is -4.39. The van der Waals surface area contributed by atoms with Crippen molar-refractivity contribution in [1.29, 1.82) is 0 Å². The van der Waals surface area contributed by atoms with Crippen molar-refractivity contribution in [1.82, 2.24) is 0 Å². The van der Waals surface area contributed by atoms with Crippen LogP contribution in [0.25, 0.3) is 0 Å². The number of phosphoric ester groups is 1. The highest BCUT2D eigenvalue weighted by Crippen LogP contribution is 2.38. The number of quaternary nitrogens is 1. The van der Waals surface area contributed by atoms with E-state index in [2.05, 4.69) is 19.1 Å². The van der Waals surface area contributed by atoms with Crippen molar-refractivity contribution in [3.63, 3.8) is 0 Å². The molecule has 0 amide bonds. The zero-order chi connectivity index (χ0) is 25.5. The van der Waals surface area contributed by atoms with Crippen molar-refractivity contribution in [3.8, 4) is 0 Å². The van der Waals surface area contributed by atoms with Gasteiger partial charge in [-0.25, -0.2) is 0 Å². The minimum Gasteiger partial charge on any atom is -0.756 e. The van der Waals surface area contributed by atoms with E-state index in [-0.39, 0.29) is 19.8 Å². The number of aliphatic hydroxyl groups is 1. The summed E-state index contributed by atoms with van der Waals surface area (Å²) in [7, 11) is 1.44. The van der Waals surface area contributed by atoms with Gasteiger partial charge in [-0.1, -0.05) is 76.9 Å². The summed E-state index contributed by atoms with van der Waals surface area (Å²) in [5.41, 5.74) is 0. The SMILES string of the molecule is CCCCCCCCC=CCCCCCCCCOC[C@@H](O)COP(=O)([O-])OCC[N+](C)(C)C. The number of phosphoric acid groups is 1. The third-order valence-corrected chi connectivity index (χ3v) is 6.51. The number of hydrogen-bond donors (Lipinski definition) is 1. The molecule has 0 rings (SSSR count). The fraction of sp³-hybridized carbons (Fsp3) is 0.923. The van der Waals surface area contributed by atoms with Crippen LogP contribution in [0.2, 0.25) is 0 Å². The average Bonchev–Trinajstić information content (AvgIpc) is 2.76. The second-order valence-electron chi connectivity index (χ2n) is 10.3. The van der Waals surface area contributed by atoms with Gasteiger partial charge in [0, 0.05) is 6.61 Å². The Morgan fingerprint density at radius 2 is 1.32 bits per heavy atom. The topological polar surface area (TPSA) is 88.0 Å². The van der Waals surface area contributed by atoms with Crippen LogP contribution in [-0.2, 0) is 18.3 Å². The fourth-order valence-electron chi connectivity index (χ4n) is 3.36. The standard InChI is InChI=1S/C26H54NO6P/c1-5-6-7-8-9-10-11-12-13-14-15-16-17-18-19-20-22-31-24-26(28)25-33-34(29,30)32-23-21-27(2,3)4/h12-13,26,28H,5-11,14-25H2,1-4H3/t26-/m1/s1. The molecule has 0 spiro atoms. The monoisotopic (exact) mass is 507 g/mol. The molecule has 0 saturated carbocycles. The molecule has 0 aromatic rings. The molecule has 2 atom stereocenters. The molecule has 0 aliphatic rings. The summed E-state index contributed by atoms with van der Waals surface area (Å²) < 4.78 is 27.2. The summed E-state index contributed by atoms with van der Waals surface area (Å²) >= 11 is 0. The predicted octanol–water partition coefficient (Wildman–Crippen LogP) is 5.61.